The fraction of sp³-hybridized carbons (Fsp3) is 0.375. The van der Waals surface area contributed by atoms with Crippen LogP contribution in [0.3, 0.4) is 0 Å². The second kappa shape index (κ2) is 5.81. The standard InChI is InChI=1S/C16H17NO5S/c1-3-21-14-8-11(23(2,19)20)6-7-12(14)15(18)13-9-17-22-16(13)10-4-5-10/h6-10H,3-5H2,1-2H3. The number of rotatable bonds is 6. The van der Waals surface area contributed by atoms with Crippen molar-refractivity contribution < 1.29 is 22.5 Å². The lowest BCUT2D eigenvalue weighted by Crippen LogP contribution is -2.08. The summed E-state index contributed by atoms with van der Waals surface area (Å²) in [5, 5.41) is 3.73. The van der Waals surface area contributed by atoms with Crippen molar-refractivity contribution in [1.29, 1.82) is 0 Å². The predicted octanol–water partition coefficient (Wildman–Crippen LogP) is 2.59. The van der Waals surface area contributed by atoms with Gasteiger partial charge >= 0.3 is 0 Å². The third-order valence-corrected chi connectivity index (χ3v) is 4.83. The quantitative estimate of drug-likeness (QED) is 0.754. The summed E-state index contributed by atoms with van der Waals surface area (Å²) < 4.78 is 34.0. The highest BCUT2D eigenvalue weighted by Crippen LogP contribution is 2.42. The molecule has 2 aromatic rings. The second-order valence-corrected chi connectivity index (χ2v) is 7.59. The first-order valence-corrected chi connectivity index (χ1v) is 9.27. The lowest BCUT2D eigenvalue weighted by molar-refractivity contribution is 0.103. The molecule has 122 valence electrons. The minimum absolute atomic E-state index is 0.116. The van der Waals surface area contributed by atoms with Crippen molar-refractivity contribution in [3.63, 3.8) is 0 Å². The molecule has 7 heteroatoms. The van der Waals surface area contributed by atoms with E-state index >= 15 is 0 Å². The maximum Gasteiger partial charge on any atom is 0.201 e. The predicted molar refractivity (Wildman–Crippen MR) is 82.6 cm³/mol. The van der Waals surface area contributed by atoms with Gasteiger partial charge in [-0.2, -0.15) is 0 Å². The zero-order valence-corrected chi connectivity index (χ0v) is 13.7. The lowest BCUT2D eigenvalue weighted by atomic mass is 10.0. The Hall–Kier alpha value is -2.15. The normalized spacial score (nSPS) is 14.7. The maximum atomic E-state index is 12.8. The maximum absolute atomic E-state index is 12.8. The third kappa shape index (κ3) is 3.14. The van der Waals surface area contributed by atoms with Crippen molar-refractivity contribution in [3.8, 4) is 5.75 Å². The van der Waals surface area contributed by atoms with Crippen molar-refractivity contribution in [1.82, 2.24) is 5.16 Å². The van der Waals surface area contributed by atoms with Crippen molar-refractivity contribution in [2.45, 2.75) is 30.6 Å². The Morgan fingerprint density at radius 1 is 1.35 bits per heavy atom. The zero-order chi connectivity index (χ0) is 16.6. The van der Waals surface area contributed by atoms with Crippen molar-refractivity contribution in [2.24, 2.45) is 0 Å². The van der Waals surface area contributed by atoms with E-state index in [4.69, 9.17) is 9.26 Å². The molecule has 1 fully saturated rings. The fourth-order valence-electron chi connectivity index (χ4n) is 2.40. The molecule has 0 bridgehead atoms. The lowest BCUT2D eigenvalue weighted by Gasteiger charge is -2.10. The molecule has 0 atom stereocenters. The molecule has 0 amide bonds. The summed E-state index contributed by atoms with van der Waals surface area (Å²) in [7, 11) is -3.37. The van der Waals surface area contributed by atoms with Crippen molar-refractivity contribution in [2.75, 3.05) is 12.9 Å². The highest BCUT2D eigenvalue weighted by molar-refractivity contribution is 7.90. The first kappa shape index (κ1) is 15.7. The first-order chi connectivity index (χ1) is 10.9. The molecule has 0 radical (unpaired) electrons. The van der Waals surface area contributed by atoms with Crippen LogP contribution in [-0.2, 0) is 9.84 Å². The van der Waals surface area contributed by atoms with E-state index in [1.807, 2.05) is 0 Å². The minimum atomic E-state index is -3.37. The van der Waals surface area contributed by atoms with Crippen molar-refractivity contribution >= 4 is 15.6 Å². The van der Waals surface area contributed by atoms with Gasteiger partial charge in [0, 0.05) is 12.2 Å². The van der Waals surface area contributed by atoms with Gasteiger partial charge in [-0.3, -0.25) is 4.79 Å². The number of sulfone groups is 1. The van der Waals surface area contributed by atoms with Crippen molar-refractivity contribution in [3.05, 3.63) is 41.3 Å². The van der Waals surface area contributed by atoms with Gasteiger partial charge in [-0.05, 0) is 38.0 Å². The Morgan fingerprint density at radius 2 is 2.09 bits per heavy atom. The zero-order valence-electron chi connectivity index (χ0n) is 12.9. The van der Waals surface area contributed by atoms with Gasteiger partial charge in [0.25, 0.3) is 0 Å². The van der Waals surface area contributed by atoms with Crippen LogP contribution in [0.2, 0.25) is 0 Å². The minimum Gasteiger partial charge on any atom is -0.493 e. The largest absolute Gasteiger partial charge is 0.493 e. The highest BCUT2D eigenvalue weighted by atomic mass is 32.2. The molecule has 0 N–H and O–H groups in total. The molecule has 6 nitrogen and oxygen atoms in total. The monoisotopic (exact) mass is 335 g/mol. The summed E-state index contributed by atoms with van der Waals surface area (Å²) in [5.41, 5.74) is 0.727. The number of nitrogens with zero attached hydrogens (tertiary/aromatic N) is 1. The molecule has 0 saturated heterocycles. The average molecular weight is 335 g/mol. The topological polar surface area (TPSA) is 86.5 Å². The van der Waals surface area contributed by atoms with Gasteiger partial charge in [-0.25, -0.2) is 8.42 Å². The van der Waals surface area contributed by atoms with Crippen LogP contribution in [-0.4, -0.2) is 32.2 Å². The summed E-state index contributed by atoms with van der Waals surface area (Å²) in [6, 6.07) is 4.28. The Balaban J connectivity index is 2.04. The first-order valence-electron chi connectivity index (χ1n) is 7.38. The van der Waals surface area contributed by atoms with Crippen LogP contribution in [0, 0.1) is 0 Å². The van der Waals surface area contributed by atoms with Gasteiger partial charge in [0.2, 0.25) is 5.78 Å². The van der Waals surface area contributed by atoms with Gasteiger partial charge in [-0.1, -0.05) is 5.16 Å². The highest BCUT2D eigenvalue weighted by Gasteiger charge is 2.33. The van der Waals surface area contributed by atoms with Crippen LogP contribution in [0.15, 0.2) is 33.8 Å². The Bertz CT molecular complexity index is 849. The van der Waals surface area contributed by atoms with E-state index in [0.717, 1.165) is 19.1 Å². The van der Waals surface area contributed by atoms with E-state index in [9.17, 15) is 13.2 Å². The SMILES string of the molecule is CCOc1cc(S(C)(=O)=O)ccc1C(=O)c1cnoc1C1CC1. The van der Waals surface area contributed by atoms with Crippen LogP contribution in [0.1, 0.15) is 47.4 Å². The van der Waals surface area contributed by atoms with E-state index in [1.165, 1.54) is 24.4 Å². The van der Waals surface area contributed by atoms with Crippen LogP contribution in [0.4, 0.5) is 0 Å². The Kier molecular flexibility index (Phi) is 3.97. The molecule has 1 aromatic heterocycles. The van der Waals surface area contributed by atoms with Crippen LogP contribution >= 0.6 is 0 Å². The number of ether oxygens (including phenoxy) is 1. The molecule has 0 aliphatic heterocycles. The molecule has 1 aliphatic rings. The number of carbonyl (C=O) groups is 1. The smallest absolute Gasteiger partial charge is 0.201 e. The number of carbonyl (C=O) groups excluding carboxylic acids is 1. The van der Waals surface area contributed by atoms with E-state index < -0.39 is 9.84 Å². The molecule has 1 heterocycles. The molecule has 23 heavy (non-hydrogen) atoms. The van der Waals surface area contributed by atoms with Crippen LogP contribution < -0.4 is 4.74 Å². The molecule has 1 aromatic carbocycles. The average Bonchev–Trinajstić information content (AvgIpc) is 3.23. The molecule has 3 rings (SSSR count). The number of benzene rings is 1. The number of hydrogen-bond acceptors (Lipinski definition) is 6. The van der Waals surface area contributed by atoms with Gasteiger partial charge in [-0.15, -0.1) is 0 Å². The number of hydrogen-bond donors (Lipinski definition) is 0. The Labute approximate surface area is 134 Å². The number of ketones is 1. The molecule has 1 saturated carbocycles. The Morgan fingerprint density at radius 3 is 2.70 bits per heavy atom. The molecule has 0 unspecified atom stereocenters. The molecular weight excluding hydrogens is 318 g/mol. The summed E-state index contributed by atoms with van der Waals surface area (Å²) in [6.45, 7) is 2.10. The molecular formula is C16H17NO5S. The second-order valence-electron chi connectivity index (χ2n) is 5.57. The van der Waals surface area contributed by atoms with E-state index in [1.54, 1.807) is 6.92 Å². The van der Waals surface area contributed by atoms with Gasteiger partial charge in [0.15, 0.2) is 15.6 Å². The van der Waals surface area contributed by atoms with E-state index in [0.29, 0.717) is 23.5 Å². The summed E-state index contributed by atoms with van der Waals surface area (Å²) in [6.07, 6.45) is 4.50. The summed E-state index contributed by atoms with van der Waals surface area (Å²) >= 11 is 0. The van der Waals surface area contributed by atoms with E-state index in [-0.39, 0.29) is 22.3 Å². The summed E-state index contributed by atoms with van der Waals surface area (Å²) in [4.78, 5) is 12.9. The number of aromatic nitrogens is 1. The summed E-state index contributed by atoms with van der Waals surface area (Å²) in [5.74, 6) is 0.840. The van der Waals surface area contributed by atoms with Gasteiger partial charge < -0.3 is 9.26 Å². The van der Waals surface area contributed by atoms with E-state index in [2.05, 4.69) is 5.16 Å². The van der Waals surface area contributed by atoms with Gasteiger partial charge in [0.1, 0.15) is 5.75 Å². The fourth-order valence-corrected chi connectivity index (χ4v) is 3.04. The molecule has 1 aliphatic carbocycles. The van der Waals surface area contributed by atoms with Crippen LogP contribution in [0.25, 0.3) is 0 Å². The van der Waals surface area contributed by atoms with Gasteiger partial charge in [0.05, 0.1) is 28.8 Å². The molecule has 0 spiro atoms. The van der Waals surface area contributed by atoms with Crippen LogP contribution in [0.5, 0.6) is 5.75 Å². The third-order valence-electron chi connectivity index (χ3n) is 3.72.